The Hall–Kier alpha value is -1.76. The topological polar surface area (TPSA) is 34.1 Å². The molecule has 130 valence electrons. The average molecular weight is 421 g/mol. The molecule has 0 spiro atoms. The number of hydrogen-bond acceptors (Lipinski definition) is 4. The minimum Gasteiger partial charge on any atom is -0.494 e. The Bertz CT molecular complexity index is 851. The lowest BCUT2D eigenvalue weighted by Gasteiger charge is -2.14. The monoisotopic (exact) mass is 420 g/mol. The molecular formula is C19H18BrFN2OS. The van der Waals surface area contributed by atoms with Gasteiger partial charge in [-0.1, -0.05) is 34.1 Å². The van der Waals surface area contributed by atoms with Gasteiger partial charge in [0.2, 0.25) is 0 Å². The van der Waals surface area contributed by atoms with E-state index >= 15 is 0 Å². The second-order valence-electron chi connectivity index (χ2n) is 5.65. The van der Waals surface area contributed by atoms with Crippen LogP contribution in [0.2, 0.25) is 0 Å². The van der Waals surface area contributed by atoms with Crippen LogP contribution in [-0.4, -0.2) is 12.1 Å². The molecule has 0 aliphatic carbocycles. The van der Waals surface area contributed by atoms with Gasteiger partial charge in [-0.15, -0.1) is 11.3 Å². The molecule has 25 heavy (non-hydrogen) atoms. The zero-order valence-electron chi connectivity index (χ0n) is 13.9. The fourth-order valence-electron chi connectivity index (χ4n) is 2.44. The smallest absolute Gasteiger partial charge is 0.165 e. The van der Waals surface area contributed by atoms with E-state index in [9.17, 15) is 4.39 Å². The van der Waals surface area contributed by atoms with Crippen molar-refractivity contribution in [3.05, 3.63) is 69.4 Å². The lowest BCUT2D eigenvalue weighted by molar-refractivity contribution is 0.385. The van der Waals surface area contributed by atoms with Gasteiger partial charge in [-0.05, 0) is 36.8 Å². The number of nitrogens with zero attached hydrogens (tertiary/aromatic N) is 1. The van der Waals surface area contributed by atoms with E-state index in [4.69, 9.17) is 4.74 Å². The predicted molar refractivity (Wildman–Crippen MR) is 103 cm³/mol. The average Bonchev–Trinajstić information content (AvgIpc) is 3.09. The summed E-state index contributed by atoms with van der Waals surface area (Å²) in [5.74, 6) is -0.0885. The highest BCUT2D eigenvalue weighted by atomic mass is 79.9. The molecular weight excluding hydrogens is 403 g/mol. The third-order valence-corrected chi connectivity index (χ3v) is 5.38. The van der Waals surface area contributed by atoms with E-state index in [1.807, 2.05) is 42.6 Å². The molecule has 0 fully saturated rings. The summed E-state index contributed by atoms with van der Waals surface area (Å²) in [6, 6.07) is 13.1. The standard InChI is InChI=1S/C19H18BrFN2OS/c1-12(14-5-8-18(24-2)17(21)9-14)22-10-16-11-25-19(23-16)13-3-6-15(20)7-4-13/h3-9,11-12,22H,10H2,1-2H3. The van der Waals surface area contributed by atoms with Crippen LogP contribution in [-0.2, 0) is 6.54 Å². The van der Waals surface area contributed by atoms with Gasteiger partial charge in [-0.2, -0.15) is 0 Å². The maximum Gasteiger partial charge on any atom is 0.165 e. The molecule has 1 heterocycles. The fourth-order valence-corrected chi connectivity index (χ4v) is 3.53. The molecule has 0 saturated carbocycles. The zero-order chi connectivity index (χ0) is 17.8. The van der Waals surface area contributed by atoms with Crippen molar-refractivity contribution in [3.8, 4) is 16.3 Å². The van der Waals surface area contributed by atoms with E-state index in [0.717, 1.165) is 26.3 Å². The van der Waals surface area contributed by atoms with E-state index in [1.54, 1.807) is 17.4 Å². The minimum absolute atomic E-state index is 0.0123. The van der Waals surface area contributed by atoms with Gasteiger partial charge in [0.1, 0.15) is 5.01 Å². The van der Waals surface area contributed by atoms with Gasteiger partial charge in [0.05, 0.1) is 12.8 Å². The quantitative estimate of drug-likeness (QED) is 0.565. The molecule has 1 aromatic heterocycles. The molecule has 0 bridgehead atoms. The Labute approximate surface area is 159 Å². The van der Waals surface area contributed by atoms with E-state index in [-0.39, 0.29) is 17.6 Å². The van der Waals surface area contributed by atoms with Gasteiger partial charge in [-0.25, -0.2) is 9.37 Å². The second kappa shape index (κ2) is 8.08. The number of benzene rings is 2. The molecule has 0 saturated heterocycles. The predicted octanol–water partition coefficient (Wildman–Crippen LogP) is 5.57. The molecule has 0 aliphatic heterocycles. The Kier molecular flexibility index (Phi) is 5.83. The van der Waals surface area contributed by atoms with Crippen LogP contribution in [0.4, 0.5) is 4.39 Å². The van der Waals surface area contributed by atoms with Gasteiger partial charge in [0.15, 0.2) is 11.6 Å². The van der Waals surface area contributed by atoms with Crippen LogP contribution in [0, 0.1) is 5.82 Å². The van der Waals surface area contributed by atoms with Crippen molar-refractivity contribution in [2.45, 2.75) is 19.5 Å². The summed E-state index contributed by atoms with van der Waals surface area (Å²) in [5, 5.41) is 6.42. The van der Waals surface area contributed by atoms with Gasteiger partial charge in [0, 0.05) is 28.0 Å². The molecule has 3 nitrogen and oxygen atoms in total. The van der Waals surface area contributed by atoms with Crippen molar-refractivity contribution in [2.24, 2.45) is 0 Å². The molecule has 0 aliphatic rings. The third-order valence-electron chi connectivity index (χ3n) is 3.91. The number of nitrogens with one attached hydrogen (secondary N) is 1. The number of ether oxygens (including phenoxy) is 1. The molecule has 2 aromatic carbocycles. The molecule has 1 atom stereocenters. The number of aromatic nitrogens is 1. The summed E-state index contributed by atoms with van der Waals surface area (Å²) in [4.78, 5) is 4.67. The van der Waals surface area contributed by atoms with Crippen LogP contribution in [0.3, 0.4) is 0 Å². The van der Waals surface area contributed by atoms with Gasteiger partial charge >= 0.3 is 0 Å². The number of thiazole rings is 1. The van der Waals surface area contributed by atoms with Crippen LogP contribution in [0.25, 0.3) is 10.6 Å². The maximum atomic E-state index is 13.8. The fraction of sp³-hybridized carbons (Fsp3) is 0.211. The zero-order valence-corrected chi connectivity index (χ0v) is 16.3. The summed E-state index contributed by atoms with van der Waals surface area (Å²) >= 11 is 5.06. The SMILES string of the molecule is COc1ccc(C(C)NCc2csc(-c3ccc(Br)cc3)n2)cc1F. The van der Waals surface area contributed by atoms with Crippen LogP contribution in [0.1, 0.15) is 24.2 Å². The third kappa shape index (κ3) is 4.45. The van der Waals surface area contributed by atoms with Crippen molar-refractivity contribution >= 4 is 27.3 Å². The van der Waals surface area contributed by atoms with Crippen LogP contribution >= 0.6 is 27.3 Å². The summed E-state index contributed by atoms with van der Waals surface area (Å²) in [6.45, 7) is 2.63. The molecule has 6 heteroatoms. The van der Waals surface area contributed by atoms with Gasteiger partial charge < -0.3 is 10.1 Å². The van der Waals surface area contributed by atoms with Gasteiger partial charge in [-0.3, -0.25) is 0 Å². The van der Waals surface area contributed by atoms with Crippen molar-refractivity contribution in [1.29, 1.82) is 0 Å². The van der Waals surface area contributed by atoms with Crippen molar-refractivity contribution < 1.29 is 9.13 Å². The van der Waals surface area contributed by atoms with E-state index in [0.29, 0.717) is 6.54 Å². The van der Waals surface area contributed by atoms with Crippen molar-refractivity contribution in [1.82, 2.24) is 10.3 Å². The molecule has 1 N–H and O–H groups in total. The summed E-state index contributed by atoms with van der Waals surface area (Å²) in [6.07, 6.45) is 0. The first kappa shape index (κ1) is 18.0. The Morgan fingerprint density at radius 2 is 2.00 bits per heavy atom. The van der Waals surface area contributed by atoms with Crippen molar-refractivity contribution in [2.75, 3.05) is 7.11 Å². The van der Waals surface area contributed by atoms with E-state index < -0.39 is 0 Å². The number of rotatable bonds is 6. The molecule has 0 amide bonds. The van der Waals surface area contributed by atoms with Gasteiger partial charge in [0.25, 0.3) is 0 Å². The maximum absolute atomic E-state index is 13.8. The first-order chi connectivity index (χ1) is 12.1. The highest BCUT2D eigenvalue weighted by Crippen LogP contribution is 2.26. The highest BCUT2D eigenvalue weighted by Gasteiger charge is 2.11. The van der Waals surface area contributed by atoms with E-state index in [1.165, 1.54) is 13.2 Å². The Balaban J connectivity index is 1.63. The minimum atomic E-state index is -0.347. The van der Waals surface area contributed by atoms with Crippen LogP contribution in [0.15, 0.2) is 52.3 Å². The first-order valence-electron chi connectivity index (χ1n) is 7.84. The largest absolute Gasteiger partial charge is 0.494 e. The first-order valence-corrected chi connectivity index (χ1v) is 9.51. The summed E-state index contributed by atoms with van der Waals surface area (Å²) in [5.41, 5.74) is 2.95. The highest BCUT2D eigenvalue weighted by molar-refractivity contribution is 9.10. The molecule has 0 radical (unpaired) electrons. The lowest BCUT2D eigenvalue weighted by Crippen LogP contribution is -2.18. The number of methoxy groups -OCH3 is 1. The molecule has 3 rings (SSSR count). The summed E-state index contributed by atoms with van der Waals surface area (Å²) < 4.78 is 19.8. The number of halogens is 2. The number of hydrogen-bond donors (Lipinski definition) is 1. The second-order valence-corrected chi connectivity index (χ2v) is 7.42. The van der Waals surface area contributed by atoms with E-state index in [2.05, 4.69) is 26.2 Å². The Morgan fingerprint density at radius 3 is 2.68 bits per heavy atom. The van der Waals surface area contributed by atoms with Crippen LogP contribution in [0.5, 0.6) is 5.75 Å². The van der Waals surface area contributed by atoms with Crippen molar-refractivity contribution in [3.63, 3.8) is 0 Å². The lowest BCUT2D eigenvalue weighted by atomic mass is 10.1. The van der Waals surface area contributed by atoms with Crippen LogP contribution < -0.4 is 10.1 Å². The molecule has 1 unspecified atom stereocenters. The Morgan fingerprint density at radius 1 is 1.24 bits per heavy atom. The summed E-state index contributed by atoms with van der Waals surface area (Å²) in [7, 11) is 1.46. The normalized spacial score (nSPS) is 12.2. The molecule has 3 aromatic rings.